The third kappa shape index (κ3) is 4.18. The van der Waals surface area contributed by atoms with Crippen molar-refractivity contribution in [2.75, 3.05) is 0 Å². The molecule has 0 bridgehead atoms. The molecule has 0 saturated heterocycles. The first-order valence-electron chi connectivity index (χ1n) is 12.8. The smallest absolute Gasteiger partial charge is 0.270 e. The normalized spacial score (nSPS) is 21.2. The minimum atomic E-state index is -0.252. The van der Waals surface area contributed by atoms with Crippen molar-refractivity contribution in [1.82, 2.24) is 24.6 Å². The lowest BCUT2D eigenvalue weighted by Crippen LogP contribution is -2.35. The molecule has 37 heavy (non-hydrogen) atoms. The second kappa shape index (κ2) is 9.14. The molecule has 188 valence electrons. The van der Waals surface area contributed by atoms with Gasteiger partial charge in [0.15, 0.2) is 0 Å². The zero-order valence-corrected chi connectivity index (χ0v) is 21.1. The van der Waals surface area contributed by atoms with Crippen LogP contribution in [0.1, 0.15) is 59.5 Å². The van der Waals surface area contributed by atoms with E-state index in [4.69, 9.17) is 0 Å². The van der Waals surface area contributed by atoms with E-state index >= 15 is 0 Å². The van der Waals surface area contributed by atoms with Gasteiger partial charge in [-0.05, 0) is 78.5 Å². The Balaban J connectivity index is 1.28. The number of allylic oxidation sites excluding steroid dienone is 1. The molecule has 2 aromatic heterocycles. The molecular formula is C30H30FN5O. The van der Waals surface area contributed by atoms with Gasteiger partial charge >= 0.3 is 0 Å². The van der Waals surface area contributed by atoms with Gasteiger partial charge in [-0.3, -0.25) is 4.79 Å². The first-order valence-corrected chi connectivity index (χ1v) is 12.8. The Bertz CT molecular complexity index is 1470. The SMILES string of the molecule is Cn1cncc1C(=O)NC(CC1CCC2=Cc3c(cnn3-c3ccc(F)cc3)CC21C)c1ccccc1. The van der Waals surface area contributed by atoms with Gasteiger partial charge in [-0.25, -0.2) is 14.1 Å². The van der Waals surface area contributed by atoms with Gasteiger partial charge in [-0.2, -0.15) is 5.10 Å². The number of aryl methyl sites for hydroxylation is 1. The molecule has 6 rings (SSSR count). The molecule has 1 N–H and O–H groups in total. The van der Waals surface area contributed by atoms with Crippen molar-refractivity contribution in [3.63, 3.8) is 0 Å². The van der Waals surface area contributed by atoms with E-state index in [1.807, 2.05) is 36.1 Å². The van der Waals surface area contributed by atoms with E-state index in [0.29, 0.717) is 11.6 Å². The molecule has 2 aromatic carbocycles. The van der Waals surface area contributed by atoms with Gasteiger partial charge in [0.05, 0.1) is 36.1 Å². The van der Waals surface area contributed by atoms with Crippen LogP contribution >= 0.6 is 0 Å². The maximum Gasteiger partial charge on any atom is 0.270 e. The van der Waals surface area contributed by atoms with Crippen LogP contribution in [0.25, 0.3) is 11.8 Å². The number of amides is 1. The topological polar surface area (TPSA) is 64.7 Å². The van der Waals surface area contributed by atoms with Crippen LogP contribution in [-0.4, -0.2) is 25.2 Å². The standard InChI is InChI=1S/C30H30FN5O/c1-30-16-21-17-33-36(25-12-10-24(31)11-13-25)27(21)15-23(30)9-8-22(30)14-26(20-6-4-3-5-7-20)34-29(37)28-18-32-19-35(28)2/h3-7,10-13,15,17-19,22,26H,8-9,14,16H2,1-2H3,(H,34,37). The number of benzene rings is 2. The zero-order chi connectivity index (χ0) is 25.6. The quantitative estimate of drug-likeness (QED) is 0.375. The molecule has 0 aliphatic heterocycles. The summed E-state index contributed by atoms with van der Waals surface area (Å²) >= 11 is 0. The lowest BCUT2D eigenvalue weighted by atomic mass is 9.68. The van der Waals surface area contributed by atoms with E-state index < -0.39 is 0 Å². The minimum absolute atomic E-state index is 0.00601. The van der Waals surface area contributed by atoms with Crippen LogP contribution in [0.15, 0.2) is 78.9 Å². The van der Waals surface area contributed by atoms with Crippen molar-refractivity contribution in [2.45, 2.75) is 38.6 Å². The van der Waals surface area contributed by atoms with Crippen molar-refractivity contribution < 1.29 is 9.18 Å². The number of fused-ring (bicyclic) bond motifs is 2. The number of carbonyl (C=O) groups excluding carboxylic acids is 1. The fraction of sp³-hybridized carbons (Fsp3) is 0.300. The fourth-order valence-corrected chi connectivity index (χ4v) is 6.16. The van der Waals surface area contributed by atoms with Crippen LogP contribution in [0.2, 0.25) is 0 Å². The number of nitrogens with zero attached hydrogens (tertiary/aromatic N) is 4. The zero-order valence-electron chi connectivity index (χ0n) is 21.1. The number of carbonyl (C=O) groups is 1. The second-order valence-corrected chi connectivity index (χ2v) is 10.5. The van der Waals surface area contributed by atoms with Gasteiger partial charge in [-0.1, -0.05) is 42.8 Å². The summed E-state index contributed by atoms with van der Waals surface area (Å²) in [5, 5.41) is 7.95. The number of rotatable bonds is 6. The molecular weight excluding hydrogens is 465 g/mol. The summed E-state index contributed by atoms with van der Waals surface area (Å²) in [4.78, 5) is 17.3. The maximum atomic E-state index is 13.5. The number of aromatic nitrogens is 4. The summed E-state index contributed by atoms with van der Waals surface area (Å²) in [6.07, 6.45) is 11.3. The van der Waals surface area contributed by atoms with Crippen molar-refractivity contribution >= 4 is 12.0 Å². The highest BCUT2D eigenvalue weighted by molar-refractivity contribution is 5.92. The highest BCUT2D eigenvalue weighted by Gasteiger charge is 2.46. The van der Waals surface area contributed by atoms with Gasteiger partial charge < -0.3 is 9.88 Å². The van der Waals surface area contributed by atoms with Gasteiger partial charge in [0.25, 0.3) is 5.91 Å². The molecule has 1 amide bonds. The summed E-state index contributed by atoms with van der Waals surface area (Å²) in [6, 6.07) is 16.6. The molecule has 0 spiro atoms. The Kier molecular flexibility index (Phi) is 5.78. The molecule has 3 atom stereocenters. The first-order chi connectivity index (χ1) is 17.9. The summed E-state index contributed by atoms with van der Waals surface area (Å²) in [5.74, 6) is 0.0372. The molecule has 7 heteroatoms. The van der Waals surface area contributed by atoms with Crippen molar-refractivity contribution in [2.24, 2.45) is 18.4 Å². The predicted molar refractivity (Wildman–Crippen MR) is 141 cm³/mol. The Hall–Kier alpha value is -4.00. The highest BCUT2D eigenvalue weighted by Crippen LogP contribution is 2.55. The van der Waals surface area contributed by atoms with Crippen LogP contribution in [0, 0.1) is 17.2 Å². The lowest BCUT2D eigenvalue weighted by molar-refractivity contribution is 0.0915. The number of imidazole rings is 1. The molecule has 6 nitrogen and oxygen atoms in total. The molecule has 2 aliphatic carbocycles. The molecule has 1 saturated carbocycles. The number of hydrogen-bond donors (Lipinski definition) is 1. The summed E-state index contributed by atoms with van der Waals surface area (Å²) < 4.78 is 17.1. The average molecular weight is 496 g/mol. The van der Waals surface area contributed by atoms with E-state index in [1.165, 1.54) is 23.3 Å². The monoisotopic (exact) mass is 495 g/mol. The van der Waals surface area contributed by atoms with E-state index in [1.54, 1.807) is 29.2 Å². The highest BCUT2D eigenvalue weighted by atomic mass is 19.1. The summed E-state index contributed by atoms with van der Waals surface area (Å²) in [5.41, 5.74) is 6.24. The van der Waals surface area contributed by atoms with Gasteiger partial charge in [0, 0.05) is 7.05 Å². The van der Waals surface area contributed by atoms with Crippen molar-refractivity contribution in [3.8, 4) is 5.69 Å². The third-order valence-electron chi connectivity index (χ3n) is 8.30. The maximum absolute atomic E-state index is 13.5. The molecule has 4 aromatic rings. The lowest BCUT2D eigenvalue weighted by Gasteiger charge is -2.37. The summed E-state index contributed by atoms with van der Waals surface area (Å²) in [7, 11) is 1.83. The molecule has 2 heterocycles. The summed E-state index contributed by atoms with van der Waals surface area (Å²) in [6.45, 7) is 2.36. The Labute approximate surface area is 215 Å². The van der Waals surface area contributed by atoms with Crippen LogP contribution in [-0.2, 0) is 13.5 Å². The van der Waals surface area contributed by atoms with Crippen molar-refractivity contribution in [1.29, 1.82) is 0 Å². The number of nitrogens with one attached hydrogen (secondary N) is 1. The minimum Gasteiger partial charge on any atom is -0.344 e. The first kappa shape index (κ1) is 23.4. The van der Waals surface area contributed by atoms with Gasteiger partial charge in [0.1, 0.15) is 11.5 Å². The van der Waals surface area contributed by atoms with E-state index in [9.17, 15) is 9.18 Å². The van der Waals surface area contributed by atoms with Gasteiger partial charge in [0.2, 0.25) is 0 Å². The number of halogens is 1. The van der Waals surface area contributed by atoms with Crippen LogP contribution < -0.4 is 5.32 Å². The molecule has 2 aliphatic rings. The molecule has 3 unspecified atom stereocenters. The largest absolute Gasteiger partial charge is 0.344 e. The molecule has 0 radical (unpaired) electrons. The second-order valence-electron chi connectivity index (χ2n) is 10.5. The van der Waals surface area contributed by atoms with Crippen molar-refractivity contribution in [3.05, 3.63) is 107 Å². The van der Waals surface area contributed by atoms with E-state index in [0.717, 1.165) is 42.6 Å². The Morgan fingerprint density at radius 2 is 1.95 bits per heavy atom. The van der Waals surface area contributed by atoms with E-state index in [2.05, 4.69) is 40.5 Å². The Morgan fingerprint density at radius 3 is 2.68 bits per heavy atom. The fourth-order valence-electron chi connectivity index (χ4n) is 6.16. The Morgan fingerprint density at radius 1 is 1.16 bits per heavy atom. The predicted octanol–water partition coefficient (Wildman–Crippen LogP) is 5.66. The number of hydrogen-bond acceptors (Lipinski definition) is 3. The third-order valence-corrected chi connectivity index (χ3v) is 8.30. The van der Waals surface area contributed by atoms with Crippen LogP contribution in [0.4, 0.5) is 4.39 Å². The average Bonchev–Trinajstić information content (AvgIpc) is 3.60. The van der Waals surface area contributed by atoms with Crippen LogP contribution in [0.5, 0.6) is 0 Å². The molecule has 1 fully saturated rings. The van der Waals surface area contributed by atoms with Crippen LogP contribution in [0.3, 0.4) is 0 Å². The van der Waals surface area contributed by atoms with Gasteiger partial charge in [-0.15, -0.1) is 0 Å². The van der Waals surface area contributed by atoms with E-state index in [-0.39, 0.29) is 23.2 Å².